The predicted molar refractivity (Wildman–Crippen MR) is 113 cm³/mol. The molecule has 0 aliphatic carbocycles. The van der Waals surface area contributed by atoms with Gasteiger partial charge in [-0.25, -0.2) is 4.98 Å². The smallest absolute Gasteiger partial charge is 0.257 e. The van der Waals surface area contributed by atoms with Gasteiger partial charge in [-0.2, -0.15) is 0 Å². The van der Waals surface area contributed by atoms with E-state index in [1.165, 1.54) is 10.6 Å². The summed E-state index contributed by atoms with van der Waals surface area (Å²) in [6.45, 7) is 8.46. The van der Waals surface area contributed by atoms with Gasteiger partial charge in [0.05, 0.1) is 11.3 Å². The van der Waals surface area contributed by atoms with Crippen molar-refractivity contribution in [1.82, 2.24) is 14.8 Å². The molecule has 6 nitrogen and oxygen atoms in total. The molecule has 27 heavy (non-hydrogen) atoms. The third-order valence-corrected chi connectivity index (χ3v) is 5.77. The number of thiophene rings is 1. The Morgan fingerprint density at radius 2 is 2.04 bits per heavy atom. The normalized spacial score (nSPS) is 15.0. The largest absolute Gasteiger partial charge is 0.369 e. The first-order valence-corrected chi connectivity index (χ1v) is 10.4. The number of aryl methyl sites for hydroxylation is 1. The van der Waals surface area contributed by atoms with Gasteiger partial charge in [-0.1, -0.05) is 0 Å². The number of aromatic nitrogens is 1. The van der Waals surface area contributed by atoms with Crippen molar-refractivity contribution >= 4 is 28.7 Å². The highest BCUT2D eigenvalue weighted by molar-refractivity contribution is 7.10. The van der Waals surface area contributed by atoms with E-state index in [9.17, 15) is 4.79 Å². The van der Waals surface area contributed by atoms with Crippen LogP contribution >= 0.6 is 11.3 Å². The molecule has 0 aromatic carbocycles. The summed E-state index contributed by atoms with van der Waals surface area (Å²) in [5, 5.41) is 5.51. The summed E-state index contributed by atoms with van der Waals surface area (Å²) in [4.78, 5) is 24.6. The first kappa shape index (κ1) is 19.6. The number of carbonyl (C=O) groups is 1. The highest BCUT2D eigenvalue weighted by Gasteiger charge is 2.18. The fourth-order valence-corrected chi connectivity index (χ4v) is 4.11. The van der Waals surface area contributed by atoms with Crippen LogP contribution in [0.5, 0.6) is 0 Å². The Hall–Kier alpha value is -2.12. The molecule has 1 aliphatic rings. The number of anilines is 2. The molecule has 1 aliphatic heterocycles. The van der Waals surface area contributed by atoms with Crippen LogP contribution in [0.4, 0.5) is 11.5 Å². The number of amides is 1. The minimum atomic E-state index is -0.0227. The summed E-state index contributed by atoms with van der Waals surface area (Å²) < 4.78 is 0. The zero-order valence-corrected chi connectivity index (χ0v) is 17.3. The van der Waals surface area contributed by atoms with E-state index in [2.05, 4.69) is 38.5 Å². The Kier molecular flexibility index (Phi) is 6.68. The molecule has 7 heteroatoms. The quantitative estimate of drug-likeness (QED) is 0.741. The lowest BCUT2D eigenvalue weighted by molar-refractivity contribution is 0.0828. The highest BCUT2D eigenvalue weighted by atomic mass is 32.1. The van der Waals surface area contributed by atoms with Gasteiger partial charge in [0, 0.05) is 57.9 Å². The van der Waals surface area contributed by atoms with Crippen LogP contribution in [0.2, 0.25) is 0 Å². The van der Waals surface area contributed by atoms with Crippen LogP contribution < -0.4 is 10.2 Å². The van der Waals surface area contributed by atoms with E-state index in [1.54, 1.807) is 31.3 Å². The maximum atomic E-state index is 12.2. The number of nitrogens with zero attached hydrogens (tertiary/aromatic N) is 4. The average Bonchev–Trinajstić information content (AvgIpc) is 3.11. The molecular weight excluding hydrogens is 358 g/mol. The summed E-state index contributed by atoms with van der Waals surface area (Å²) in [5.74, 6) is 0.652. The maximum Gasteiger partial charge on any atom is 0.257 e. The molecule has 0 spiro atoms. The topological polar surface area (TPSA) is 51.7 Å². The second-order valence-corrected chi connectivity index (χ2v) is 8.19. The lowest BCUT2D eigenvalue weighted by atomic mass is 10.2. The zero-order valence-electron chi connectivity index (χ0n) is 16.4. The second kappa shape index (κ2) is 9.19. The zero-order chi connectivity index (χ0) is 19.2. The van der Waals surface area contributed by atoms with E-state index in [0.29, 0.717) is 11.4 Å². The van der Waals surface area contributed by atoms with Crippen LogP contribution in [0, 0.1) is 6.92 Å². The molecule has 1 amide bonds. The van der Waals surface area contributed by atoms with Gasteiger partial charge >= 0.3 is 0 Å². The summed E-state index contributed by atoms with van der Waals surface area (Å²) in [5.41, 5.74) is 2.02. The Bertz CT molecular complexity index is 752. The van der Waals surface area contributed by atoms with Crippen molar-refractivity contribution < 1.29 is 4.79 Å². The molecule has 3 heterocycles. The van der Waals surface area contributed by atoms with Gasteiger partial charge in [-0.05, 0) is 43.5 Å². The standard InChI is InChI=1S/C20H29N5OS/c1-16-18(7-15-27-16)25-13-11-24(12-14-25)10-5-9-22-19-17(6-4-8-21-19)20(26)23(2)3/h4,6-8,15H,5,9-14H2,1-3H3,(H,21,22). The molecule has 1 saturated heterocycles. The Morgan fingerprint density at radius 1 is 1.26 bits per heavy atom. The van der Waals surface area contributed by atoms with Gasteiger partial charge in [-0.15, -0.1) is 11.3 Å². The van der Waals surface area contributed by atoms with Gasteiger partial charge in [0.1, 0.15) is 5.82 Å². The monoisotopic (exact) mass is 387 g/mol. The second-order valence-electron chi connectivity index (χ2n) is 7.07. The van der Waals surface area contributed by atoms with Crippen molar-refractivity contribution in [3.05, 3.63) is 40.2 Å². The van der Waals surface area contributed by atoms with Gasteiger partial charge in [0.15, 0.2) is 0 Å². The van der Waals surface area contributed by atoms with Crippen LogP contribution in [0.3, 0.4) is 0 Å². The molecule has 0 radical (unpaired) electrons. The number of nitrogens with one attached hydrogen (secondary N) is 1. The van der Waals surface area contributed by atoms with Gasteiger partial charge in [0.25, 0.3) is 5.91 Å². The molecule has 2 aromatic rings. The Balaban J connectivity index is 1.42. The molecule has 1 fully saturated rings. The van der Waals surface area contributed by atoms with Gasteiger partial charge in [0.2, 0.25) is 0 Å². The number of hydrogen-bond acceptors (Lipinski definition) is 6. The fourth-order valence-electron chi connectivity index (χ4n) is 3.39. The van der Waals surface area contributed by atoms with Crippen LogP contribution in [0.1, 0.15) is 21.7 Å². The van der Waals surface area contributed by atoms with Crippen LogP contribution in [0.15, 0.2) is 29.8 Å². The van der Waals surface area contributed by atoms with Crippen molar-refractivity contribution in [3.63, 3.8) is 0 Å². The molecule has 0 saturated carbocycles. The van der Waals surface area contributed by atoms with E-state index >= 15 is 0 Å². The molecule has 2 aromatic heterocycles. The highest BCUT2D eigenvalue weighted by Crippen LogP contribution is 2.26. The van der Waals surface area contributed by atoms with Crippen molar-refractivity contribution in [2.24, 2.45) is 0 Å². The van der Waals surface area contributed by atoms with Gasteiger partial charge in [-0.3, -0.25) is 9.69 Å². The van der Waals surface area contributed by atoms with E-state index in [4.69, 9.17) is 0 Å². The molecule has 146 valence electrons. The number of pyridine rings is 1. The Morgan fingerprint density at radius 3 is 2.70 bits per heavy atom. The minimum Gasteiger partial charge on any atom is -0.369 e. The Labute approximate surface area is 165 Å². The number of piperazine rings is 1. The molecule has 0 unspecified atom stereocenters. The summed E-state index contributed by atoms with van der Waals surface area (Å²) >= 11 is 1.82. The van der Waals surface area contributed by atoms with Crippen molar-refractivity contribution in [2.75, 3.05) is 63.6 Å². The lowest BCUT2D eigenvalue weighted by Crippen LogP contribution is -2.46. The van der Waals surface area contributed by atoms with E-state index in [0.717, 1.165) is 45.7 Å². The molecule has 1 N–H and O–H groups in total. The first-order valence-electron chi connectivity index (χ1n) is 9.48. The number of hydrogen-bond donors (Lipinski definition) is 1. The van der Waals surface area contributed by atoms with Crippen molar-refractivity contribution in [1.29, 1.82) is 0 Å². The van der Waals surface area contributed by atoms with Crippen molar-refractivity contribution in [2.45, 2.75) is 13.3 Å². The molecule has 3 rings (SSSR count). The van der Waals surface area contributed by atoms with Crippen LogP contribution in [-0.2, 0) is 0 Å². The van der Waals surface area contributed by atoms with Gasteiger partial charge < -0.3 is 15.1 Å². The maximum absolute atomic E-state index is 12.2. The van der Waals surface area contributed by atoms with Crippen molar-refractivity contribution in [3.8, 4) is 0 Å². The van der Waals surface area contributed by atoms with E-state index < -0.39 is 0 Å². The van der Waals surface area contributed by atoms with E-state index in [1.807, 2.05) is 17.4 Å². The summed E-state index contributed by atoms with van der Waals surface area (Å²) in [6, 6.07) is 5.86. The summed E-state index contributed by atoms with van der Waals surface area (Å²) in [6.07, 6.45) is 2.75. The van der Waals surface area contributed by atoms with E-state index in [-0.39, 0.29) is 5.91 Å². The minimum absolute atomic E-state index is 0.0227. The SMILES string of the molecule is Cc1sccc1N1CCN(CCCNc2ncccc2C(=O)N(C)C)CC1. The lowest BCUT2D eigenvalue weighted by Gasteiger charge is -2.36. The van der Waals surface area contributed by atoms with Crippen LogP contribution in [0.25, 0.3) is 0 Å². The number of carbonyl (C=O) groups excluding carboxylic acids is 1. The third kappa shape index (κ3) is 4.99. The third-order valence-electron chi connectivity index (χ3n) is 4.93. The average molecular weight is 388 g/mol. The molecule has 0 atom stereocenters. The molecular formula is C20H29N5OS. The number of rotatable bonds is 7. The first-order chi connectivity index (χ1) is 13.1. The molecule has 0 bridgehead atoms. The predicted octanol–water partition coefficient (Wildman–Crippen LogP) is 2.78. The fraction of sp³-hybridized carbons (Fsp3) is 0.500. The summed E-state index contributed by atoms with van der Waals surface area (Å²) in [7, 11) is 3.52. The van der Waals surface area contributed by atoms with Crippen LogP contribution in [-0.4, -0.2) is 74.1 Å².